The number of hydrogen-bond acceptors (Lipinski definition) is 6. The van der Waals surface area contributed by atoms with Crippen molar-refractivity contribution in [1.29, 1.82) is 0 Å². The Morgan fingerprint density at radius 3 is 2.77 bits per heavy atom. The van der Waals surface area contributed by atoms with Gasteiger partial charge in [-0.1, -0.05) is 0 Å². The first kappa shape index (κ1) is 20.3. The van der Waals surface area contributed by atoms with Gasteiger partial charge in [-0.2, -0.15) is 0 Å². The van der Waals surface area contributed by atoms with E-state index in [1.165, 1.54) is 0 Å². The van der Waals surface area contributed by atoms with E-state index in [1.807, 2.05) is 18.2 Å². The Balaban J connectivity index is 1.41. The minimum atomic E-state index is -0.570. The van der Waals surface area contributed by atoms with E-state index in [0.717, 1.165) is 28.8 Å². The predicted molar refractivity (Wildman–Crippen MR) is 114 cm³/mol. The molecule has 7 heteroatoms. The Morgan fingerprint density at radius 2 is 1.97 bits per heavy atom. The predicted octanol–water partition coefficient (Wildman–Crippen LogP) is 2.03. The topological polar surface area (TPSA) is 102 Å². The number of aliphatic hydroxyl groups is 1. The third-order valence-electron chi connectivity index (χ3n) is 5.47. The molecule has 1 aromatic carbocycles. The van der Waals surface area contributed by atoms with Gasteiger partial charge in [0, 0.05) is 37.0 Å². The molecule has 1 saturated heterocycles. The number of aromatic nitrogens is 2. The molecule has 1 amide bonds. The summed E-state index contributed by atoms with van der Waals surface area (Å²) in [6.07, 6.45) is 4.38. The number of aliphatic hydroxyl groups excluding tert-OH is 1. The summed E-state index contributed by atoms with van der Waals surface area (Å²) in [5, 5.41) is 10.6. The van der Waals surface area contributed by atoms with Crippen LogP contribution in [0.1, 0.15) is 22.3 Å². The largest absolute Gasteiger partial charge is 0.494 e. The number of ether oxygens (including phenoxy) is 1. The lowest BCUT2D eigenvalue weighted by atomic mass is 9.96. The number of likely N-dealkylation sites (tertiary alicyclic amines) is 1. The molecule has 2 aromatic heterocycles. The van der Waals surface area contributed by atoms with Crippen molar-refractivity contribution in [1.82, 2.24) is 14.9 Å². The summed E-state index contributed by atoms with van der Waals surface area (Å²) in [4.78, 5) is 23.4. The number of β-amino-alcohol motifs (C(OH)–C–C–N with tert-alkyl or cyclic N) is 1. The Morgan fingerprint density at radius 1 is 1.13 bits per heavy atom. The van der Waals surface area contributed by atoms with Gasteiger partial charge in [0.05, 0.1) is 23.7 Å². The molecular formula is C23H26N4O3. The molecule has 7 nitrogen and oxygen atoms in total. The third kappa shape index (κ3) is 4.42. The maximum absolute atomic E-state index is 12.9. The minimum Gasteiger partial charge on any atom is -0.494 e. The first-order valence-corrected chi connectivity index (χ1v) is 10.2. The van der Waals surface area contributed by atoms with Crippen LogP contribution in [0.25, 0.3) is 11.0 Å². The SMILES string of the molecule is NCCCOc1ccc(C(=O)N2C[C@@H](Cc3ccnc4cccnc34)[C@@H](O)C2)cc1. The maximum atomic E-state index is 12.9. The molecule has 3 heterocycles. The highest BCUT2D eigenvalue weighted by molar-refractivity contribution is 5.94. The van der Waals surface area contributed by atoms with Gasteiger partial charge in [-0.3, -0.25) is 14.8 Å². The molecule has 156 valence electrons. The van der Waals surface area contributed by atoms with Crippen LogP contribution in [0, 0.1) is 5.92 Å². The van der Waals surface area contributed by atoms with Gasteiger partial charge in [0.1, 0.15) is 5.75 Å². The van der Waals surface area contributed by atoms with Crippen molar-refractivity contribution in [2.24, 2.45) is 11.7 Å². The molecule has 0 aliphatic carbocycles. The van der Waals surface area contributed by atoms with Crippen molar-refractivity contribution >= 4 is 16.9 Å². The number of nitrogens with zero attached hydrogens (tertiary/aromatic N) is 3. The van der Waals surface area contributed by atoms with Crippen molar-refractivity contribution < 1.29 is 14.6 Å². The van der Waals surface area contributed by atoms with Crippen molar-refractivity contribution in [3.8, 4) is 5.75 Å². The fraction of sp³-hybridized carbons (Fsp3) is 0.348. The van der Waals surface area contributed by atoms with Crippen LogP contribution in [0.5, 0.6) is 5.75 Å². The lowest BCUT2D eigenvalue weighted by Crippen LogP contribution is -2.29. The van der Waals surface area contributed by atoms with E-state index in [1.54, 1.807) is 41.6 Å². The van der Waals surface area contributed by atoms with Crippen molar-refractivity contribution in [3.05, 3.63) is 66.0 Å². The molecule has 0 saturated carbocycles. The first-order valence-electron chi connectivity index (χ1n) is 10.2. The molecule has 1 aliphatic heterocycles. The smallest absolute Gasteiger partial charge is 0.253 e. The van der Waals surface area contributed by atoms with Gasteiger partial charge in [-0.25, -0.2) is 0 Å². The van der Waals surface area contributed by atoms with Gasteiger partial charge in [0.25, 0.3) is 5.91 Å². The van der Waals surface area contributed by atoms with Crippen LogP contribution in [-0.2, 0) is 6.42 Å². The summed E-state index contributed by atoms with van der Waals surface area (Å²) >= 11 is 0. The average molecular weight is 406 g/mol. The van der Waals surface area contributed by atoms with Crippen LogP contribution in [0.2, 0.25) is 0 Å². The molecule has 1 aliphatic rings. The van der Waals surface area contributed by atoms with Gasteiger partial charge in [-0.15, -0.1) is 0 Å². The zero-order chi connectivity index (χ0) is 20.9. The average Bonchev–Trinajstić information content (AvgIpc) is 3.14. The zero-order valence-corrected chi connectivity index (χ0v) is 16.8. The standard InChI is InChI=1S/C23H26N4O3/c24-9-2-12-30-19-6-4-16(5-7-19)23(29)27-14-18(21(28)15-27)13-17-8-11-25-20-3-1-10-26-22(17)20/h1,3-8,10-11,18,21,28H,2,9,12-15,24H2/t18-,21+/m1/s1. The number of hydrogen-bond donors (Lipinski definition) is 2. The van der Waals surface area contributed by atoms with Crippen LogP contribution >= 0.6 is 0 Å². The van der Waals surface area contributed by atoms with Gasteiger partial charge in [0.15, 0.2) is 0 Å². The second kappa shape index (κ2) is 9.19. The summed E-state index contributed by atoms with van der Waals surface area (Å²) in [5.41, 5.74) is 8.78. The lowest BCUT2D eigenvalue weighted by Gasteiger charge is -2.17. The second-order valence-corrected chi connectivity index (χ2v) is 7.60. The highest BCUT2D eigenvalue weighted by atomic mass is 16.5. The number of rotatable bonds is 7. The van der Waals surface area contributed by atoms with E-state index in [-0.39, 0.29) is 11.8 Å². The van der Waals surface area contributed by atoms with E-state index < -0.39 is 6.10 Å². The molecule has 0 spiro atoms. The molecule has 0 unspecified atom stereocenters. The Bertz CT molecular complexity index is 1000. The fourth-order valence-corrected chi connectivity index (χ4v) is 3.85. The van der Waals surface area contributed by atoms with Gasteiger partial charge >= 0.3 is 0 Å². The highest BCUT2D eigenvalue weighted by Crippen LogP contribution is 2.26. The Hall–Kier alpha value is -3.03. The highest BCUT2D eigenvalue weighted by Gasteiger charge is 2.34. The number of pyridine rings is 2. The Labute approximate surface area is 175 Å². The van der Waals surface area contributed by atoms with E-state index in [0.29, 0.717) is 38.2 Å². The molecule has 3 N–H and O–H groups in total. The molecule has 2 atom stereocenters. The molecule has 4 rings (SSSR count). The van der Waals surface area contributed by atoms with E-state index in [4.69, 9.17) is 10.5 Å². The molecule has 3 aromatic rings. The summed E-state index contributed by atoms with van der Waals surface area (Å²) in [5.74, 6) is 0.597. The van der Waals surface area contributed by atoms with Crippen LogP contribution in [0.15, 0.2) is 54.9 Å². The summed E-state index contributed by atoms with van der Waals surface area (Å²) < 4.78 is 5.59. The van der Waals surface area contributed by atoms with Crippen LogP contribution in [0.3, 0.4) is 0 Å². The van der Waals surface area contributed by atoms with Crippen LogP contribution < -0.4 is 10.5 Å². The van der Waals surface area contributed by atoms with Gasteiger partial charge in [-0.05, 0) is 67.4 Å². The number of nitrogens with two attached hydrogens (primary N) is 1. The summed E-state index contributed by atoms with van der Waals surface area (Å²) in [6, 6.07) is 12.8. The van der Waals surface area contributed by atoms with Crippen molar-refractivity contribution in [3.63, 3.8) is 0 Å². The molecule has 0 radical (unpaired) electrons. The van der Waals surface area contributed by atoms with Crippen molar-refractivity contribution in [2.75, 3.05) is 26.2 Å². The van der Waals surface area contributed by atoms with Crippen molar-refractivity contribution in [2.45, 2.75) is 18.9 Å². The van der Waals surface area contributed by atoms with Crippen LogP contribution in [-0.4, -0.2) is 58.2 Å². The monoisotopic (exact) mass is 406 g/mol. The minimum absolute atomic E-state index is 0.0413. The summed E-state index contributed by atoms with van der Waals surface area (Å²) in [6.45, 7) is 1.98. The summed E-state index contributed by atoms with van der Waals surface area (Å²) in [7, 11) is 0. The van der Waals surface area contributed by atoms with Gasteiger partial charge in [0.2, 0.25) is 0 Å². The van der Waals surface area contributed by atoms with E-state index in [2.05, 4.69) is 9.97 Å². The second-order valence-electron chi connectivity index (χ2n) is 7.60. The molecule has 0 bridgehead atoms. The molecular weight excluding hydrogens is 380 g/mol. The van der Waals surface area contributed by atoms with Gasteiger partial charge < -0.3 is 20.5 Å². The number of benzene rings is 1. The molecule has 30 heavy (non-hydrogen) atoms. The normalized spacial score (nSPS) is 18.7. The first-order chi connectivity index (χ1) is 14.7. The Kier molecular flexibility index (Phi) is 6.21. The number of carbonyl (C=O) groups excluding carboxylic acids is 1. The lowest BCUT2D eigenvalue weighted by molar-refractivity contribution is 0.0764. The number of fused-ring (bicyclic) bond motifs is 1. The number of carbonyl (C=O) groups is 1. The quantitative estimate of drug-likeness (QED) is 0.582. The van der Waals surface area contributed by atoms with Crippen LogP contribution in [0.4, 0.5) is 0 Å². The maximum Gasteiger partial charge on any atom is 0.253 e. The van der Waals surface area contributed by atoms with E-state index in [9.17, 15) is 9.90 Å². The zero-order valence-electron chi connectivity index (χ0n) is 16.8. The fourth-order valence-electron chi connectivity index (χ4n) is 3.85. The third-order valence-corrected chi connectivity index (χ3v) is 5.47. The number of amides is 1. The molecule has 1 fully saturated rings. The van der Waals surface area contributed by atoms with E-state index >= 15 is 0 Å².